The van der Waals surface area contributed by atoms with Gasteiger partial charge in [-0.2, -0.15) is 0 Å². The van der Waals surface area contributed by atoms with E-state index in [1.807, 2.05) is 48.5 Å². The zero-order valence-electron chi connectivity index (χ0n) is 16.3. The van der Waals surface area contributed by atoms with Crippen molar-refractivity contribution in [2.75, 3.05) is 12.4 Å². The van der Waals surface area contributed by atoms with Crippen LogP contribution in [0, 0.1) is 0 Å². The molecule has 0 saturated carbocycles. The molecule has 4 rings (SSSR count). The van der Waals surface area contributed by atoms with Gasteiger partial charge in [0, 0.05) is 16.2 Å². The van der Waals surface area contributed by atoms with Gasteiger partial charge in [-0.05, 0) is 66.8 Å². The van der Waals surface area contributed by atoms with E-state index >= 15 is 0 Å². The van der Waals surface area contributed by atoms with Gasteiger partial charge in [0.1, 0.15) is 5.75 Å². The predicted molar refractivity (Wildman–Crippen MR) is 119 cm³/mol. The molecule has 3 aromatic carbocycles. The molecule has 1 atom stereocenters. The SMILES string of the molecule is O=C(N[C@H]1CCCc2ccccc21)c1ccc(OCCSc2ccccc2)cc1. The maximum atomic E-state index is 12.7. The van der Waals surface area contributed by atoms with Crippen molar-refractivity contribution in [1.82, 2.24) is 5.32 Å². The number of carbonyl (C=O) groups is 1. The Labute approximate surface area is 176 Å². The first-order chi connectivity index (χ1) is 14.3. The monoisotopic (exact) mass is 403 g/mol. The van der Waals surface area contributed by atoms with Gasteiger partial charge in [-0.3, -0.25) is 4.79 Å². The summed E-state index contributed by atoms with van der Waals surface area (Å²) in [5, 5.41) is 3.20. The third-order valence-corrected chi connectivity index (χ3v) is 6.13. The molecule has 0 aromatic heterocycles. The van der Waals surface area contributed by atoms with E-state index in [2.05, 4.69) is 35.6 Å². The summed E-state index contributed by atoms with van der Waals surface area (Å²) < 4.78 is 5.81. The molecule has 1 aliphatic rings. The number of hydrogen-bond acceptors (Lipinski definition) is 3. The van der Waals surface area contributed by atoms with E-state index in [1.165, 1.54) is 16.0 Å². The van der Waals surface area contributed by atoms with Crippen LogP contribution >= 0.6 is 11.8 Å². The molecular formula is C25H25NO2S. The summed E-state index contributed by atoms with van der Waals surface area (Å²) in [5.41, 5.74) is 3.27. The first-order valence-corrected chi connectivity index (χ1v) is 11.1. The summed E-state index contributed by atoms with van der Waals surface area (Å²) in [7, 11) is 0. The van der Waals surface area contributed by atoms with Crippen LogP contribution in [-0.4, -0.2) is 18.3 Å². The number of nitrogens with one attached hydrogen (secondary N) is 1. The Morgan fingerprint density at radius 2 is 1.72 bits per heavy atom. The Morgan fingerprint density at radius 3 is 2.55 bits per heavy atom. The highest BCUT2D eigenvalue weighted by atomic mass is 32.2. The van der Waals surface area contributed by atoms with Gasteiger partial charge >= 0.3 is 0 Å². The van der Waals surface area contributed by atoms with Crippen LogP contribution in [0.3, 0.4) is 0 Å². The number of benzene rings is 3. The number of hydrogen-bond donors (Lipinski definition) is 1. The minimum Gasteiger partial charge on any atom is -0.493 e. The second kappa shape index (κ2) is 9.66. The van der Waals surface area contributed by atoms with Crippen LogP contribution in [0.2, 0.25) is 0 Å². The van der Waals surface area contributed by atoms with Crippen molar-refractivity contribution >= 4 is 17.7 Å². The fourth-order valence-electron chi connectivity index (χ4n) is 3.68. The van der Waals surface area contributed by atoms with Gasteiger partial charge in [0.15, 0.2) is 0 Å². The van der Waals surface area contributed by atoms with E-state index in [9.17, 15) is 4.79 Å². The zero-order valence-corrected chi connectivity index (χ0v) is 17.2. The lowest BCUT2D eigenvalue weighted by molar-refractivity contribution is 0.0932. The average Bonchev–Trinajstić information content (AvgIpc) is 2.78. The molecule has 0 spiro atoms. The summed E-state index contributed by atoms with van der Waals surface area (Å²) in [5.74, 6) is 1.64. The molecule has 0 fully saturated rings. The van der Waals surface area contributed by atoms with Gasteiger partial charge in [-0.1, -0.05) is 42.5 Å². The minimum absolute atomic E-state index is 0.0297. The number of ether oxygens (including phenoxy) is 1. The van der Waals surface area contributed by atoms with Crippen molar-refractivity contribution in [2.24, 2.45) is 0 Å². The Hall–Kier alpha value is -2.72. The molecule has 0 unspecified atom stereocenters. The number of aryl methyl sites for hydroxylation is 1. The predicted octanol–water partition coefficient (Wildman–Crippen LogP) is 5.67. The third kappa shape index (κ3) is 5.21. The molecule has 1 aliphatic carbocycles. The minimum atomic E-state index is -0.0297. The van der Waals surface area contributed by atoms with Crippen LogP contribution in [0.15, 0.2) is 83.8 Å². The Bertz CT molecular complexity index is 941. The normalized spacial score (nSPS) is 15.4. The molecule has 29 heavy (non-hydrogen) atoms. The summed E-state index contributed by atoms with van der Waals surface area (Å²) in [6, 6.07) is 26.2. The summed E-state index contributed by atoms with van der Waals surface area (Å²) in [6.45, 7) is 0.629. The van der Waals surface area contributed by atoms with Crippen LogP contribution < -0.4 is 10.1 Å². The smallest absolute Gasteiger partial charge is 0.251 e. The van der Waals surface area contributed by atoms with Crippen molar-refractivity contribution in [2.45, 2.75) is 30.2 Å². The first-order valence-electron chi connectivity index (χ1n) is 10.1. The summed E-state index contributed by atoms with van der Waals surface area (Å²) >= 11 is 1.77. The van der Waals surface area contributed by atoms with E-state index in [-0.39, 0.29) is 11.9 Å². The Kier molecular flexibility index (Phi) is 6.52. The number of fused-ring (bicyclic) bond motifs is 1. The second-order valence-electron chi connectivity index (χ2n) is 7.15. The van der Waals surface area contributed by atoms with Crippen LogP contribution in [0.25, 0.3) is 0 Å². The van der Waals surface area contributed by atoms with Crippen LogP contribution in [0.4, 0.5) is 0 Å². The highest BCUT2D eigenvalue weighted by molar-refractivity contribution is 7.99. The van der Waals surface area contributed by atoms with Crippen molar-refractivity contribution < 1.29 is 9.53 Å². The highest BCUT2D eigenvalue weighted by Gasteiger charge is 2.21. The average molecular weight is 404 g/mol. The molecule has 3 aromatic rings. The number of amides is 1. The fraction of sp³-hybridized carbons (Fsp3) is 0.240. The van der Waals surface area contributed by atoms with Crippen LogP contribution in [0.1, 0.15) is 40.4 Å². The van der Waals surface area contributed by atoms with Crippen LogP contribution in [-0.2, 0) is 6.42 Å². The molecule has 0 radical (unpaired) electrons. The largest absolute Gasteiger partial charge is 0.493 e. The standard InChI is InChI=1S/C25H25NO2S/c27-25(26-24-12-6-8-19-7-4-5-11-23(19)24)20-13-15-21(16-14-20)28-17-18-29-22-9-2-1-3-10-22/h1-5,7,9-11,13-16,24H,6,8,12,17-18H2,(H,26,27)/t24-/m0/s1. The van der Waals surface area contributed by atoms with Crippen LogP contribution in [0.5, 0.6) is 5.75 Å². The van der Waals surface area contributed by atoms with Gasteiger partial charge in [0.2, 0.25) is 0 Å². The topological polar surface area (TPSA) is 38.3 Å². The maximum Gasteiger partial charge on any atom is 0.251 e. The molecule has 4 heteroatoms. The zero-order chi connectivity index (χ0) is 19.9. The molecule has 148 valence electrons. The van der Waals surface area contributed by atoms with Gasteiger partial charge in [0.05, 0.1) is 12.6 Å². The molecular weight excluding hydrogens is 378 g/mol. The van der Waals surface area contributed by atoms with E-state index in [4.69, 9.17) is 4.74 Å². The molecule has 1 N–H and O–H groups in total. The van der Waals surface area contributed by atoms with E-state index < -0.39 is 0 Å². The van der Waals surface area contributed by atoms with Gasteiger partial charge in [-0.15, -0.1) is 11.8 Å². The second-order valence-corrected chi connectivity index (χ2v) is 8.32. The number of thioether (sulfide) groups is 1. The third-order valence-electron chi connectivity index (χ3n) is 5.16. The van der Waals surface area contributed by atoms with Crippen molar-refractivity contribution in [1.29, 1.82) is 0 Å². The van der Waals surface area contributed by atoms with Gasteiger partial charge < -0.3 is 10.1 Å². The first kappa shape index (κ1) is 19.6. The van der Waals surface area contributed by atoms with Gasteiger partial charge in [-0.25, -0.2) is 0 Å². The molecule has 0 bridgehead atoms. The quantitative estimate of drug-likeness (QED) is 0.408. The molecule has 0 saturated heterocycles. The maximum absolute atomic E-state index is 12.7. The lowest BCUT2D eigenvalue weighted by atomic mass is 9.87. The van der Waals surface area contributed by atoms with E-state index in [0.717, 1.165) is 30.8 Å². The van der Waals surface area contributed by atoms with Crippen molar-refractivity contribution in [3.63, 3.8) is 0 Å². The number of carbonyl (C=O) groups excluding carboxylic acids is 1. The van der Waals surface area contributed by atoms with E-state index in [0.29, 0.717) is 12.2 Å². The summed E-state index contributed by atoms with van der Waals surface area (Å²) in [6.07, 6.45) is 3.19. The van der Waals surface area contributed by atoms with Crippen molar-refractivity contribution in [3.05, 3.63) is 95.6 Å². The fourth-order valence-corrected chi connectivity index (χ4v) is 4.44. The Balaban J connectivity index is 1.28. The lowest BCUT2D eigenvalue weighted by Crippen LogP contribution is -2.30. The molecule has 3 nitrogen and oxygen atoms in total. The van der Waals surface area contributed by atoms with E-state index in [1.54, 1.807) is 11.8 Å². The lowest BCUT2D eigenvalue weighted by Gasteiger charge is -2.26. The van der Waals surface area contributed by atoms with Gasteiger partial charge in [0.25, 0.3) is 5.91 Å². The van der Waals surface area contributed by atoms with Crippen molar-refractivity contribution in [3.8, 4) is 5.75 Å². The highest BCUT2D eigenvalue weighted by Crippen LogP contribution is 2.29. The Morgan fingerprint density at radius 1 is 0.966 bits per heavy atom. The molecule has 0 aliphatic heterocycles. The number of rotatable bonds is 7. The molecule has 1 amide bonds. The summed E-state index contributed by atoms with van der Waals surface area (Å²) in [4.78, 5) is 13.9. The molecule has 0 heterocycles.